The van der Waals surface area contributed by atoms with Gasteiger partial charge in [-0.15, -0.1) is 0 Å². The minimum atomic E-state index is -3.56. The molecule has 0 bridgehead atoms. The number of hydrogen-bond acceptors (Lipinski definition) is 5. The van der Waals surface area contributed by atoms with Gasteiger partial charge in [0.15, 0.2) is 5.03 Å². The van der Waals surface area contributed by atoms with Gasteiger partial charge in [-0.3, -0.25) is 0 Å². The first-order chi connectivity index (χ1) is 5.09. The fourth-order valence-corrected chi connectivity index (χ4v) is 1.45. The number of nitrogens with zero attached hydrogens (tertiary/aromatic N) is 1. The van der Waals surface area contributed by atoms with Gasteiger partial charge in [0.05, 0.1) is 12.8 Å². The second-order valence-electron chi connectivity index (χ2n) is 1.86. The summed E-state index contributed by atoms with van der Waals surface area (Å²) >= 11 is 0. The number of sulfone groups is 1. The molecule has 0 saturated heterocycles. The average Bonchev–Trinajstić information content (AvgIpc) is 2.16. The zero-order valence-electron chi connectivity index (χ0n) is 5.94. The first kappa shape index (κ1) is 8.06. The van der Waals surface area contributed by atoms with E-state index in [9.17, 15) is 8.42 Å². The number of aliphatic imine (C=N–C) groups is 1. The van der Waals surface area contributed by atoms with Crippen LogP contribution in [-0.4, -0.2) is 20.3 Å². The summed E-state index contributed by atoms with van der Waals surface area (Å²) in [6, 6.07) is 0. The van der Waals surface area contributed by atoms with E-state index in [4.69, 9.17) is 10.5 Å². The first-order valence-electron chi connectivity index (χ1n) is 3.00. The Balaban J connectivity index is 2.93. The van der Waals surface area contributed by atoms with E-state index in [0.717, 1.165) is 6.20 Å². The van der Waals surface area contributed by atoms with Crippen molar-refractivity contribution in [3.63, 3.8) is 0 Å². The molecule has 0 aromatic rings. The number of ether oxygens (including phenoxy) is 1. The highest BCUT2D eigenvalue weighted by molar-refractivity contribution is 8.09. The standard InChI is InChI=1S/C5H8N2O3S/c1-2-10-5-7-3-4(6)11(5,8)9/h3H,2,6H2,1H3. The SMILES string of the molecule is CCOC1=NC=C(N)S1(=O)=O. The molecule has 0 aliphatic carbocycles. The Morgan fingerprint density at radius 2 is 2.36 bits per heavy atom. The molecule has 1 heterocycles. The fourth-order valence-electron chi connectivity index (χ4n) is 0.594. The fraction of sp³-hybridized carbons (Fsp3) is 0.400. The van der Waals surface area contributed by atoms with Crippen molar-refractivity contribution in [1.29, 1.82) is 0 Å². The van der Waals surface area contributed by atoms with Crippen molar-refractivity contribution in [2.45, 2.75) is 6.92 Å². The van der Waals surface area contributed by atoms with Gasteiger partial charge in [0, 0.05) is 0 Å². The van der Waals surface area contributed by atoms with E-state index in [1.807, 2.05) is 0 Å². The third-order valence-electron chi connectivity index (χ3n) is 1.11. The molecule has 0 aromatic heterocycles. The summed E-state index contributed by atoms with van der Waals surface area (Å²) in [6.45, 7) is 1.94. The van der Waals surface area contributed by atoms with Crippen LogP contribution in [0.5, 0.6) is 0 Å². The zero-order valence-corrected chi connectivity index (χ0v) is 6.76. The van der Waals surface area contributed by atoms with Gasteiger partial charge in [-0.2, -0.15) is 0 Å². The highest BCUT2D eigenvalue weighted by Gasteiger charge is 2.28. The largest absolute Gasteiger partial charge is 0.469 e. The van der Waals surface area contributed by atoms with Crippen molar-refractivity contribution in [3.05, 3.63) is 11.2 Å². The second kappa shape index (κ2) is 2.54. The molecular formula is C5H8N2O3S. The van der Waals surface area contributed by atoms with Crippen molar-refractivity contribution in [3.8, 4) is 0 Å². The summed E-state index contributed by atoms with van der Waals surface area (Å²) < 4.78 is 26.8. The molecule has 0 atom stereocenters. The summed E-state index contributed by atoms with van der Waals surface area (Å²) in [7, 11) is -3.56. The highest BCUT2D eigenvalue weighted by atomic mass is 32.2. The predicted molar refractivity (Wildman–Crippen MR) is 40.3 cm³/mol. The van der Waals surface area contributed by atoms with Crippen molar-refractivity contribution in [1.82, 2.24) is 0 Å². The molecule has 0 aromatic carbocycles. The molecule has 5 nitrogen and oxygen atoms in total. The molecule has 1 aliphatic heterocycles. The van der Waals surface area contributed by atoms with Crippen LogP contribution >= 0.6 is 0 Å². The number of hydrogen-bond donors (Lipinski definition) is 1. The summed E-state index contributed by atoms with van der Waals surface area (Å²) in [5.41, 5.74) is 5.11. The van der Waals surface area contributed by atoms with E-state index in [0.29, 0.717) is 0 Å². The van der Waals surface area contributed by atoms with Gasteiger partial charge >= 0.3 is 5.23 Å². The molecule has 11 heavy (non-hydrogen) atoms. The molecule has 1 rings (SSSR count). The Kier molecular flexibility index (Phi) is 1.86. The van der Waals surface area contributed by atoms with Gasteiger partial charge in [-0.05, 0) is 6.92 Å². The van der Waals surface area contributed by atoms with Gasteiger partial charge in [-0.25, -0.2) is 13.4 Å². The van der Waals surface area contributed by atoms with E-state index in [1.54, 1.807) is 6.92 Å². The van der Waals surface area contributed by atoms with Crippen LogP contribution in [0.4, 0.5) is 0 Å². The Bertz CT molecular complexity index is 315. The quantitative estimate of drug-likeness (QED) is 0.587. The second-order valence-corrected chi connectivity index (χ2v) is 3.69. The minimum Gasteiger partial charge on any atom is -0.469 e. The molecule has 0 saturated carbocycles. The molecule has 0 fully saturated rings. The number of nitrogens with two attached hydrogens (primary N) is 1. The highest BCUT2D eigenvalue weighted by Crippen LogP contribution is 2.12. The predicted octanol–water partition coefficient (Wildman–Crippen LogP) is -0.435. The van der Waals surface area contributed by atoms with E-state index in [1.165, 1.54) is 0 Å². The smallest absolute Gasteiger partial charge is 0.316 e. The Hall–Kier alpha value is -1.04. The van der Waals surface area contributed by atoms with Crippen molar-refractivity contribution in [2.24, 2.45) is 10.7 Å². The lowest BCUT2D eigenvalue weighted by atomic mass is 10.9. The van der Waals surface area contributed by atoms with Crippen LogP contribution < -0.4 is 5.73 Å². The normalized spacial score (nSPS) is 20.8. The third kappa shape index (κ3) is 1.21. The van der Waals surface area contributed by atoms with E-state index in [2.05, 4.69) is 4.99 Å². The molecule has 2 N–H and O–H groups in total. The summed E-state index contributed by atoms with van der Waals surface area (Å²) in [5.74, 6) is 0. The first-order valence-corrected chi connectivity index (χ1v) is 4.48. The average molecular weight is 176 g/mol. The molecular weight excluding hydrogens is 168 g/mol. The van der Waals surface area contributed by atoms with E-state index >= 15 is 0 Å². The lowest BCUT2D eigenvalue weighted by Crippen LogP contribution is -2.19. The van der Waals surface area contributed by atoms with Crippen molar-refractivity contribution < 1.29 is 13.2 Å². The number of rotatable bonds is 1. The molecule has 62 valence electrons. The lowest BCUT2D eigenvalue weighted by molar-refractivity contribution is 0.335. The Labute approximate surface area is 64.5 Å². The maximum absolute atomic E-state index is 11.0. The van der Waals surface area contributed by atoms with Crippen LogP contribution in [0.3, 0.4) is 0 Å². The van der Waals surface area contributed by atoms with E-state index in [-0.39, 0.29) is 16.9 Å². The zero-order chi connectivity index (χ0) is 8.48. The summed E-state index contributed by atoms with van der Waals surface area (Å²) in [6.07, 6.45) is 1.07. The monoisotopic (exact) mass is 176 g/mol. The van der Waals surface area contributed by atoms with Crippen LogP contribution in [0.15, 0.2) is 16.2 Å². The van der Waals surface area contributed by atoms with Crippen molar-refractivity contribution >= 4 is 15.1 Å². The Morgan fingerprint density at radius 3 is 2.73 bits per heavy atom. The van der Waals surface area contributed by atoms with Gasteiger partial charge in [0.1, 0.15) is 0 Å². The van der Waals surface area contributed by atoms with Crippen LogP contribution in [0.2, 0.25) is 0 Å². The molecule has 1 aliphatic rings. The van der Waals surface area contributed by atoms with E-state index < -0.39 is 9.84 Å². The third-order valence-corrected chi connectivity index (χ3v) is 2.51. The maximum atomic E-state index is 11.0. The topological polar surface area (TPSA) is 81.8 Å². The van der Waals surface area contributed by atoms with Gasteiger partial charge in [0.25, 0.3) is 9.84 Å². The molecule has 0 radical (unpaired) electrons. The lowest BCUT2D eigenvalue weighted by Gasteiger charge is -2.00. The van der Waals surface area contributed by atoms with Crippen LogP contribution in [-0.2, 0) is 14.6 Å². The molecule has 0 unspecified atom stereocenters. The van der Waals surface area contributed by atoms with Crippen molar-refractivity contribution in [2.75, 3.05) is 6.61 Å². The maximum Gasteiger partial charge on any atom is 0.316 e. The van der Waals surface area contributed by atoms with Gasteiger partial charge in [0.2, 0.25) is 0 Å². The summed E-state index contributed by atoms with van der Waals surface area (Å²) in [5, 5.41) is -0.571. The summed E-state index contributed by atoms with van der Waals surface area (Å²) in [4.78, 5) is 3.48. The van der Waals surface area contributed by atoms with Crippen LogP contribution in [0, 0.1) is 0 Å². The van der Waals surface area contributed by atoms with Crippen LogP contribution in [0.1, 0.15) is 6.92 Å². The van der Waals surface area contributed by atoms with Gasteiger partial charge < -0.3 is 10.5 Å². The molecule has 6 heteroatoms. The van der Waals surface area contributed by atoms with Gasteiger partial charge in [-0.1, -0.05) is 0 Å². The van der Waals surface area contributed by atoms with Crippen LogP contribution in [0.25, 0.3) is 0 Å². The molecule has 0 amide bonds. The molecule has 0 spiro atoms. The Morgan fingerprint density at radius 1 is 1.73 bits per heavy atom. The minimum absolute atomic E-state index is 0.263.